The SMILES string of the molecule is Cc1cc(OCC(=O)N2CCC(CS(C)(=O)=O)C2)c2c(C)c(C)c(=O)oc2c1. The summed E-state index contributed by atoms with van der Waals surface area (Å²) in [6.45, 7) is 6.19. The number of sulfone groups is 1. The first-order chi connectivity index (χ1) is 13.0. The molecule has 0 aliphatic carbocycles. The van der Waals surface area contributed by atoms with Gasteiger partial charge in [-0.05, 0) is 56.4 Å². The molecule has 0 N–H and O–H groups in total. The van der Waals surface area contributed by atoms with Crippen LogP contribution in [0.5, 0.6) is 5.75 Å². The Bertz CT molecular complexity index is 1090. The maximum Gasteiger partial charge on any atom is 0.339 e. The van der Waals surface area contributed by atoms with Crippen LogP contribution in [0.2, 0.25) is 0 Å². The largest absolute Gasteiger partial charge is 0.483 e. The lowest BCUT2D eigenvalue weighted by molar-refractivity contribution is -0.132. The minimum absolute atomic E-state index is 0.0297. The third kappa shape index (κ3) is 4.38. The molecule has 1 aliphatic heterocycles. The van der Waals surface area contributed by atoms with Crippen LogP contribution in [0.3, 0.4) is 0 Å². The van der Waals surface area contributed by atoms with Gasteiger partial charge in [-0.15, -0.1) is 0 Å². The van der Waals surface area contributed by atoms with Gasteiger partial charge in [0.25, 0.3) is 5.91 Å². The van der Waals surface area contributed by atoms with Gasteiger partial charge in [0.15, 0.2) is 6.61 Å². The number of carbonyl (C=O) groups is 1. The molecule has 1 atom stereocenters. The Kier molecular flexibility index (Phi) is 5.52. The third-order valence-corrected chi connectivity index (χ3v) is 6.26. The number of amides is 1. The van der Waals surface area contributed by atoms with Crippen molar-refractivity contribution in [3.8, 4) is 5.75 Å². The van der Waals surface area contributed by atoms with Gasteiger partial charge < -0.3 is 14.1 Å². The van der Waals surface area contributed by atoms with Crippen molar-refractivity contribution in [1.29, 1.82) is 0 Å². The van der Waals surface area contributed by atoms with Crippen molar-refractivity contribution in [3.05, 3.63) is 39.2 Å². The van der Waals surface area contributed by atoms with Gasteiger partial charge in [0.2, 0.25) is 0 Å². The van der Waals surface area contributed by atoms with E-state index < -0.39 is 9.84 Å². The van der Waals surface area contributed by atoms with Gasteiger partial charge in [0.05, 0.1) is 11.1 Å². The highest BCUT2D eigenvalue weighted by Crippen LogP contribution is 2.31. The molecule has 0 saturated carbocycles. The molecule has 3 rings (SSSR count). The van der Waals surface area contributed by atoms with Crippen LogP contribution in [0.25, 0.3) is 11.0 Å². The lowest BCUT2D eigenvalue weighted by atomic mass is 10.0. The maximum absolute atomic E-state index is 12.5. The summed E-state index contributed by atoms with van der Waals surface area (Å²) < 4.78 is 34.1. The summed E-state index contributed by atoms with van der Waals surface area (Å²) in [5.74, 6) is 0.382. The van der Waals surface area contributed by atoms with Crippen molar-refractivity contribution in [3.63, 3.8) is 0 Å². The van der Waals surface area contributed by atoms with Crippen LogP contribution in [0.1, 0.15) is 23.1 Å². The standard InChI is InChI=1S/C20H25NO6S/c1-12-7-16(19-13(2)14(3)20(23)27-17(19)8-12)26-10-18(22)21-6-5-15(9-21)11-28(4,24)25/h7-8,15H,5-6,9-11H2,1-4H3. The van der Waals surface area contributed by atoms with Crippen LogP contribution in [-0.2, 0) is 14.6 Å². The summed E-state index contributed by atoms with van der Waals surface area (Å²) in [6.07, 6.45) is 1.89. The second kappa shape index (κ2) is 7.58. The summed E-state index contributed by atoms with van der Waals surface area (Å²) in [5, 5.41) is 0.687. The van der Waals surface area contributed by atoms with Crippen molar-refractivity contribution < 1.29 is 22.4 Å². The molecule has 8 heteroatoms. The van der Waals surface area contributed by atoms with E-state index >= 15 is 0 Å². The maximum atomic E-state index is 12.5. The first kappa shape index (κ1) is 20.4. The Labute approximate surface area is 164 Å². The summed E-state index contributed by atoms with van der Waals surface area (Å²) in [5.41, 5.74) is 2.19. The molecule has 1 amide bonds. The molecular formula is C20H25NO6S. The number of hydrogen-bond acceptors (Lipinski definition) is 6. The van der Waals surface area contributed by atoms with Crippen LogP contribution in [0.4, 0.5) is 0 Å². The Morgan fingerprint density at radius 3 is 2.64 bits per heavy atom. The molecule has 28 heavy (non-hydrogen) atoms. The summed E-state index contributed by atoms with van der Waals surface area (Å²) in [7, 11) is -3.06. The van der Waals surface area contributed by atoms with Crippen LogP contribution >= 0.6 is 0 Å². The number of rotatable bonds is 5. The van der Waals surface area contributed by atoms with Crippen LogP contribution in [-0.4, -0.2) is 50.9 Å². The molecule has 1 fully saturated rings. The molecule has 1 aliphatic rings. The van der Waals surface area contributed by atoms with Gasteiger partial charge in [0, 0.05) is 24.9 Å². The molecule has 1 unspecified atom stereocenters. The summed E-state index contributed by atoms with van der Waals surface area (Å²) >= 11 is 0. The van der Waals surface area contributed by atoms with Crippen LogP contribution < -0.4 is 10.4 Å². The Morgan fingerprint density at radius 2 is 1.96 bits per heavy atom. The van der Waals surface area contributed by atoms with E-state index in [0.717, 1.165) is 11.1 Å². The lowest BCUT2D eigenvalue weighted by Crippen LogP contribution is -2.33. The number of benzene rings is 1. The van der Waals surface area contributed by atoms with Crippen molar-refractivity contribution in [2.24, 2.45) is 5.92 Å². The fourth-order valence-corrected chi connectivity index (χ4v) is 4.78. The monoisotopic (exact) mass is 407 g/mol. The highest BCUT2D eigenvalue weighted by molar-refractivity contribution is 7.90. The molecular weight excluding hydrogens is 382 g/mol. The minimum atomic E-state index is -3.06. The molecule has 1 aromatic heterocycles. The van der Waals surface area contributed by atoms with Gasteiger partial charge in [-0.25, -0.2) is 13.2 Å². The van der Waals surface area contributed by atoms with E-state index in [4.69, 9.17) is 9.15 Å². The van der Waals surface area contributed by atoms with Gasteiger partial charge in [0.1, 0.15) is 21.2 Å². The molecule has 152 valence electrons. The van der Waals surface area contributed by atoms with E-state index in [0.29, 0.717) is 41.8 Å². The lowest BCUT2D eigenvalue weighted by Gasteiger charge is -2.18. The normalized spacial score (nSPS) is 17.3. The predicted molar refractivity (Wildman–Crippen MR) is 107 cm³/mol. The summed E-state index contributed by atoms with van der Waals surface area (Å²) in [6, 6.07) is 3.59. The number of carbonyl (C=O) groups excluding carboxylic acids is 1. The number of aryl methyl sites for hydroxylation is 2. The van der Waals surface area contributed by atoms with Crippen molar-refractivity contribution >= 4 is 26.7 Å². The van der Waals surface area contributed by atoms with Gasteiger partial charge >= 0.3 is 5.63 Å². The Morgan fingerprint density at radius 1 is 1.25 bits per heavy atom. The van der Waals surface area contributed by atoms with E-state index in [1.165, 1.54) is 6.26 Å². The number of likely N-dealkylation sites (tertiary alicyclic amines) is 1. The van der Waals surface area contributed by atoms with Gasteiger partial charge in [-0.3, -0.25) is 4.79 Å². The zero-order chi connectivity index (χ0) is 20.6. The first-order valence-electron chi connectivity index (χ1n) is 9.18. The molecule has 7 nitrogen and oxygen atoms in total. The second-order valence-corrected chi connectivity index (χ2v) is 9.84. The zero-order valence-electron chi connectivity index (χ0n) is 16.6. The van der Waals surface area contributed by atoms with Crippen molar-refractivity contribution in [2.45, 2.75) is 27.2 Å². The molecule has 2 heterocycles. The number of nitrogens with zero attached hydrogens (tertiary/aromatic N) is 1. The molecule has 0 spiro atoms. The van der Waals surface area contributed by atoms with E-state index in [-0.39, 0.29) is 29.8 Å². The highest BCUT2D eigenvalue weighted by Gasteiger charge is 2.28. The van der Waals surface area contributed by atoms with E-state index in [2.05, 4.69) is 0 Å². The molecule has 1 saturated heterocycles. The fraction of sp³-hybridized carbons (Fsp3) is 0.500. The molecule has 0 bridgehead atoms. The van der Waals surface area contributed by atoms with Crippen molar-refractivity contribution in [2.75, 3.05) is 31.7 Å². The van der Waals surface area contributed by atoms with E-state index in [1.54, 1.807) is 17.9 Å². The quantitative estimate of drug-likeness (QED) is 0.704. The van der Waals surface area contributed by atoms with E-state index in [9.17, 15) is 18.0 Å². The first-order valence-corrected chi connectivity index (χ1v) is 11.2. The van der Waals surface area contributed by atoms with Crippen LogP contribution in [0.15, 0.2) is 21.3 Å². The number of hydrogen-bond donors (Lipinski definition) is 0. The number of fused-ring (bicyclic) bond motifs is 1. The summed E-state index contributed by atoms with van der Waals surface area (Å²) in [4.78, 5) is 26.1. The van der Waals surface area contributed by atoms with Crippen molar-refractivity contribution in [1.82, 2.24) is 4.90 Å². The Balaban J connectivity index is 1.76. The van der Waals surface area contributed by atoms with Gasteiger partial charge in [-0.1, -0.05) is 0 Å². The fourth-order valence-electron chi connectivity index (χ4n) is 3.66. The smallest absolute Gasteiger partial charge is 0.339 e. The number of ether oxygens (including phenoxy) is 1. The predicted octanol–water partition coefficient (Wildman–Crippen LogP) is 1.99. The van der Waals surface area contributed by atoms with E-state index in [1.807, 2.05) is 19.9 Å². The average Bonchev–Trinajstić information content (AvgIpc) is 3.03. The molecule has 0 radical (unpaired) electrons. The third-order valence-electron chi connectivity index (χ3n) is 5.18. The van der Waals surface area contributed by atoms with Gasteiger partial charge in [-0.2, -0.15) is 0 Å². The molecule has 2 aromatic rings. The Hall–Kier alpha value is -2.35. The topological polar surface area (TPSA) is 93.9 Å². The molecule has 1 aromatic carbocycles. The second-order valence-electron chi connectivity index (χ2n) is 7.65. The average molecular weight is 407 g/mol. The zero-order valence-corrected chi connectivity index (χ0v) is 17.4. The highest BCUT2D eigenvalue weighted by atomic mass is 32.2. The van der Waals surface area contributed by atoms with Crippen LogP contribution in [0, 0.1) is 26.7 Å². The minimum Gasteiger partial charge on any atom is -0.483 e.